The van der Waals surface area contributed by atoms with Gasteiger partial charge in [0, 0.05) is 23.2 Å². The second-order valence-corrected chi connectivity index (χ2v) is 6.05. The second-order valence-electron chi connectivity index (χ2n) is 5.02. The normalized spacial score (nSPS) is 17.6. The first kappa shape index (κ1) is 13.2. The summed E-state index contributed by atoms with van der Waals surface area (Å²) in [6, 6.07) is 3.98. The summed E-state index contributed by atoms with van der Waals surface area (Å²) in [6.45, 7) is 0.579. The summed E-state index contributed by atoms with van der Waals surface area (Å²) in [6.07, 6.45) is 4.98. The molecule has 1 atom stereocenters. The molecule has 2 amide bonds. The average molecular weight is 290 g/mol. The quantitative estimate of drug-likeness (QED) is 0.911. The molecule has 0 saturated heterocycles. The van der Waals surface area contributed by atoms with E-state index >= 15 is 0 Å². The van der Waals surface area contributed by atoms with Crippen molar-refractivity contribution in [2.45, 2.75) is 31.8 Å². The molecule has 0 radical (unpaired) electrons. The third kappa shape index (κ3) is 2.70. The van der Waals surface area contributed by atoms with Crippen molar-refractivity contribution in [3.05, 3.63) is 39.8 Å². The van der Waals surface area contributed by atoms with Gasteiger partial charge in [-0.25, -0.2) is 4.79 Å². The molecule has 1 aliphatic carbocycles. The minimum Gasteiger partial charge on any atom is -0.333 e. The van der Waals surface area contributed by atoms with E-state index in [0.29, 0.717) is 6.54 Å². The molecular weight excluding hydrogens is 272 g/mol. The molecule has 2 N–H and O–H groups in total. The number of urea groups is 1. The van der Waals surface area contributed by atoms with E-state index in [0.717, 1.165) is 29.7 Å². The fourth-order valence-electron chi connectivity index (χ4n) is 2.65. The highest BCUT2D eigenvalue weighted by Crippen LogP contribution is 2.28. The van der Waals surface area contributed by atoms with Crippen LogP contribution in [0.1, 0.15) is 35.0 Å². The summed E-state index contributed by atoms with van der Waals surface area (Å²) in [4.78, 5) is 13.1. The largest absolute Gasteiger partial charge is 0.333 e. The third-order valence-electron chi connectivity index (χ3n) is 3.68. The lowest BCUT2D eigenvalue weighted by molar-refractivity contribution is 0.235. The molecule has 0 fully saturated rings. The number of aryl methyl sites for hydroxylation is 1. The van der Waals surface area contributed by atoms with Gasteiger partial charge in [0.25, 0.3) is 0 Å². The molecule has 0 spiro atoms. The number of fused-ring (bicyclic) bond motifs is 1. The Balaban J connectivity index is 1.59. The van der Waals surface area contributed by atoms with Crippen molar-refractivity contribution in [1.82, 2.24) is 20.4 Å². The Hall–Kier alpha value is -1.82. The van der Waals surface area contributed by atoms with Gasteiger partial charge in [0.05, 0.1) is 18.8 Å². The highest BCUT2D eigenvalue weighted by molar-refractivity contribution is 7.09. The van der Waals surface area contributed by atoms with Crippen molar-refractivity contribution in [2.24, 2.45) is 7.05 Å². The monoisotopic (exact) mass is 290 g/mol. The van der Waals surface area contributed by atoms with Crippen LogP contribution in [0.15, 0.2) is 23.7 Å². The molecular formula is C14H18N4OS. The van der Waals surface area contributed by atoms with Crippen molar-refractivity contribution < 1.29 is 4.79 Å². The maximum absolute atomic E-state index is 12.0. The molecule has 0 bridgehead atoms. The van der Waals surface area contributed by atoms with Gasteiger partial charge in [-0.3, -0.25) is 4.68 Å². The molecule has 106 valence electrons. The van der Waals surface area contributed by atoms with E-state index in [2.05, 4.69) is 15.7 Å². The van der Waals surface area contributed by atoms with E-state index in [1.807, 2.05) is 35.4 Å². The van der Waals surface area contributed by atoms with Crippen molar-refractivity contribution in [1.29, 1.82) is 0 Å². The number of rotatable bonds is 3. The van der Waals surface area contributed by atoms with E-state index < -0.39 is 0 Å². The minimum atomic E-state index is -0.111. The first-order chi connectivity index (χ1) is 9.74. The molecule has 20 heavy (non-hydrogen) atoms. The summed E-state index contributed by atoms with van der Waals surface area (Å²) in [7, 11) is 1.96. The minimum absolute atomic E-state index is 0.0794. The summed E-state index contributed by atoms with van der Waals surface area (Å²) in [5, 5.41) is 12.3. The molecule has 0 aromatic carbocycles. The maximum atomic E-state index is 12.0. The third-order valence-corrected chi connectivity index (χ3v) is 4.56. The standard InChI is InChI=1S/C14H18N4OS/c1-18-13-6-2-5-12(11(13)9-16-18)17-14(19)15-8-10-4-3-7-20-10/h3-4,7,9,12H,2,5-6,8H2,1H3,(H2,15,17,19). The fourth-order valence-corrected chi connectivity index (χ4v) is 3.29. The lowest BCUT2D eigenvalue weighted by Crippen LogP contribution is -2.38. The van der Waals surface area contributed by atoms with Crippen LogP contribution in [0.2, 0.25) is 0 Å². The number of thiophene rings is 1. The van der Waals surface area contributed by atoms with Gasteiger partial charge in [-0.05, 0) is 30.7 Å². The Bertz CT molecular complexity index is 590. The number of carbonyl (C=O) groups excluding carboxylic acids is 1. The van der Waals surface area contributed by atoms with Crippen LogP contribution >= 0.6 is 11.3 Å². The number of hydrogen-bond acceptors (Lipinski definition) is 3. The second kappa shape index (κ2) is 5.66. The first-order valence-corrected chi connectivity index (χ1v) is 7.69. The van der Waals surface area contributed by atoms with Crippen LogP contribution in [-0.2, 0) is 20.0 Å². The van der Waals surface area contributed by atoms with Gasteiger partial charge >= 0.3 is 6.03 Å². The van der Waals surface area contributed by atoms with Gasteiger partial charge in [-0.15, -0.1) is 11.3 Å². The lowest BCUT2D eigenvalue weighted by atomic mass is 9.93. The Morgan fingerprint density at radius 1 is 1.60 bits per heavy atom. The number of carbonyl (C=O) groups is 1. The molecule has 2 aromatic rings. The van der Waals surface area contributed by atoms with Gasteiger partial charge in [0.2, 0.25) is 0 Å². The van der Waals surface area contributed by atoms with E-state index in [1.165, 1.54) is 5.69 Å². The number of nitrogens with zero attached hydrogens (tertiary/aromatic N) is 2. The molecule has 6 heteroatoms. The van der Waals surface area contributed by atoms with Crippen molar-refractivity contribution >= 4 is 17.4 Å². The highest BCUT2D eigenvalue weighted by Gasteiger charge is 2.24. The van der Waals surface area contributed by atoms with E-state index in [9.17, 15) is 4.79 Å². The molecule has 1 aliphatic rings. The molecule has 0 saturated carbocycles. The fraction of sp³-hybridized carbons (Fsp3) is 0.429. The SMILES string of the molecule is Cn1ncc2c1CCCC2NC(=O)NCc1cccs1. The van der Waals surface area contributed by atoms with Gasteiger partial charge in [-0.2, -0.15) is 5.10 Å². The topological polar surface area (TPSA) is 59.0 Å². The average Bonchev–Trinajstić information content (AvgIpc) is 3.08. The van der Waals surface area contributed by atoms with Gasteiger partial charge in [0.15, 0.2) is 0 Å². The zero-order valence-electron chi connectivity index (χ0n) is 11.4. The van der Waals surface area contributed by atoms with E-state index in [4.69, 9.17) is 0 Å². The number of amides is 2. The summed E-state index contributed by atoms with van der Waals surface area (Å²) in [5.74, 6) is 0. The summed E-state index contributed by atoms with van der Waals surface area (Å²) in [5.41, 5.74) is 2.39. The summed E-state index contributed by atoms with van der Waals surface area (Å²) < 4.78 is 1.91. The Morgan fingerprint density at radius 2 is 2.50 bits per heavy atom. The number of aromatic nitrogens is 2. The molecule has 2 aromatic heterocycles. The van der Waals surface area contributed by atoms with E-state index in [1.54, 1.807) is 11.3 Å². The lowest BCUT2D eigenvalue weighted by Gasteiger charge is -2.23. The van der Waals surface area contributed by atoms with Gasteiger partial charge < -0.3 is 10.6 Å². The van der Waals surface area contributed by atoms with Crippen LogP contribution in [0, 0.1) is 0 Å². The van der Waals surface area contributed by atoms with E-state index in [-0.39, 0.29) is 12.1 Å². The molecule has 0 aliphatic heterocycles. The van der Waals surface area contributed by atoms with Crippen molar-refractivity contribution in [3.63, 3.8) is 0 Å². The summed E-state index contributed by atoms with van der Waals surface area (Å²) >= 11 is 1.65. The highest BCUT2D eigenvalue weighted by atomic mass is 32.1. The van der Waals surface area contributed by atoms with Crippen LogP contribution in [0.4, 0.5) is 4.79 Å². The van der Waals surface area contributed by atoms with Crippen LogP contribution in [0.3, 0.4) is 0 Å². The van der Waals surface area contributed by atoms with Gasteiger partial charge in [0.1, 0.15) is 0 Å². The predicted molar refractivity (Wildman–Crippen MR) is 78.6 cm³/mol. The van der Waals surface area contributed by atoms with Gasteiger partial charge in [-0.1, -0.05) is 6.07 Å². The first-order valence-electron chi connectivity index (χ1n) is 6.81. The molecule has 3 rings (SSSR count). The van der Waals surface area contributed by atoms with Crippen LogP contribution in [0.25, 0.3) is 0 Å². The predicted octanol–water partition coefficient (Wildman–Crippen LogP) is 2.36. The molecule has 5 nitrogen and oxygen atoms in total. The maximum Gasteiger partial charge on any atom is 0.315 e. The van der Waals surface area contributed by atoms with Crippen LogP contribution in [0.5, 0.6) is 0 Å². The Morgan fingerprint density at radius 3 is 3.30 bits per heavy atom. The molecule has 1 unspecified atom stereocenters. The Labute approximate surface area is 122 Å². The number of hydrogen-bond donors (Lipinski definition) is 2. The molecule has 2 heterocycles. The zero-order chi connectivity index (χ0) is 13.9. The smallest absolute Gasteiger partial charge is 0.315 e. The number of nitrogens with one attached hydrogen (secondary N) is 2. The van der Waals surface area contributed by atoms with Crippen LogP contribution < -0.4 is 10.6 Å². The van der Waals surface area contributed by atoms with Crippen molar-refractivity contribution in [2.75, 3.05) is 0 Å². The van der Waals surface area contributed by atoms with Crippen molar-refractivity contribution in [3.8, 4) is 0 Å². The Kier molecular flexibility index (Phi) is 3.73. The zero-order valence-corrected chi connectivity index (χ0v) is 12.2. The van der Waals surface area contributed by atoms with Crippen LogP contribution in [-0.4, -0.2) is 15.8 Å².